The maximum Gasteiger partial charge on any atom is 0.162 e. The lowest BCUT2D eigenvalue weighted by molar-refractivity contribution is 0.171. The molecule has 43 heavy (non-hydrogen) atoms. The minimum absolute atomic E-state index is 0.163. The summed E-state index contributed by atoms with van der Waals surface area (Å²) < 4.78 is 42.9. The van der Waals surface area contributed by atoms with Gasteiger partial charge in [-0.3, -0.25) is 0 Å². The van der Waals surface area contributed by atoms with E-state index in [1.807, 2.05) is 6.07 Å². The number of nitrogens with one attached hydrogen (secondary N) is 1. The molecule has 0 spiro atoms. The van der Waals surface area contributed by atoms with Crippen molar-refractivity contribution in [3.05, 3.63) is 125 Å². The van der Waals surface area contributed by atoms with Gasteiger partial charge >= 0.3 is 0 Å². The van der Waals surface area contributed by atoms with E-state index in [-0.39, 0.29) is 36.1 Å². The van der Waals surface area contributed by atoms with Gasteiger partial charge in [-0.2, -0.15) is 0 Å². The Morgan fingerprint density at radius 1 is 1.07 bits per heavy atom. The van der Waals surface area contributed by atoms with Crippen molar-refractivity contribution in [2.75, 3.05) is 25.0 Å². The van der Waals surface area contributed by atoms with E-state index in [2.05, 4.69) is 42.2 Å². The second-order valence-electron chi connectivity index (χ2n) is 11.2. The molecule has 1 fully saturated rings. The molecule has 0 bridgehead atoms. The van der Waals surface area contributed by atoms with E-state index in [9.17, 15) is 8.78 Å². The van der Waals surface area contributed by atoms with Crippen LogP contribution in [0, 0.1) is 17.5 Å². The largest absolute Gasteiger partial charge is 0.404 e. The predicted octanol–water partition coefficient (Wildman–Crippen LogP) is 7.43. The molecule has 5 nitrogen and oxygen atoms in total. The summed E-state index contributed by atoms with van der Waals surface area (Å²) >= 11 is 0. The fraction of sp³-hybridized carbons (Fsp3) is 0.286. The maximum absolute atomic E-state index is 15.3. The van der Waals surface area contributed by atoms with Gasteiger partial charge in [0.25, 0.3) is 0 Å². The number of amidine groups is 1. The van der Waals surface area contributed by atoms with Crippen LogP contribution in [0.25, 0.3) is 6.08 Å². The molecule has 4 rings (SSSR count). The van der Waals surface area contributed by atoms with Crippen LogP contribution >= 0.6 is 0 Å². The van der Waals surface area contributed by atoms with Crippen LogP contribution in [0.1, 0.15) is 54.9 Å². The molecule has 1 aliphatic heterocycles. The van der Waals surface area contributed by atoms with Crippen LogP contribution < -0.4 is 16.8 Å². The van der Waals surface area contributed by atoms with Crippen molar-refractivity contribution < 1.29 is 13.2 Å². The zero-order valence-electron chi connectivity index (χ0n) is 24.8. The molecule has 0 amide bonds. The Bertz CT molecular complexity index is 1520. The SMILES string of the molecule is C=Cc1cc(C2CCN(C(C)C)CC2)c(F)cc1NCC(=C)C(=CN)C(N)=Nc1ccc(Cc2cccc(F)c2F)cc1. The standard InChI is InChI=1S/C35H40F3N5/c1-5-25-18-29(26-13-15-43(16-14-26)22(2)3)32(37)19-33(25)41-21-23(4)30(20-39)35(40)42-28-11-9-24(10-12-28)17-27-7-6-8-31(36)34(27)38/h5-12,18-20,22,26,41H,1,4,13-17,21,39H2,2-3H3,(H2,40,42). The summed E-state index contributed by atoms with van der Waals surface area (Å²) in [7, 11) is 0. The van der Waals surface area contributed by atoms with E-state index in [4.69, 9.17) is 11.5 Å². The normalized spacial score (nSPS) is 15.1. The minimum atomic E-state index is -0.872. The van der Waals surface area contributed by atoms with Crippen LogP contribution in [0.3, 0.4) is 0 Å². The Hall–Kier alpha value is -4.30. The van der Waals surface area contributed by atoms with Gasteiger partial charge in [-0.05, 0) is 104 Å². The topological polar surface area (TPSA) is 79.7 Å². The molecule has 0 atom stereocenters. The number of nitrogens with two attached hydrogens (primary N) is 2. The summed E-state index contributed by atoms with van der Waals surface area (Å²) in [6.07, 6.45) is 5.15. The van der Waals surface area contributed by atoms with Crippen molar-refractivity contribution in [2.45, 2.75) is 45.1 Å². The third-order valence-electron chi connectivity index (χ3n) is 8.02. The lowest BCUT2D eigenvalue weighted by atomic mass is 9.87. The summed E-state index contributed by atoms with van der Waals surface area (Å²) in [5, 5.41) is 3.25. The van der Waals surface area contributed by atoms with E-state index < -0.39 is 11.6 Å². The molecule has 0 aliphatic carbocycles. The van der Waals surface area contributed by atoms with Crippen LogP contribution in [-0.2, 0) is 6.42 Å². The molecule has 1 aliphatic rings. The van der Waals surface area contributed by atoms with Gasteiger partial charge in [-0.1, -0.05) is 43.5 Å². The first kappa shape index (κ1) is 31.6. The number of anilines is 1. The van der Waals surface area contributed by atoms with E-state index in [1.54, 1.807) is 36.4 Å². The van der Waals surface area contributed by atoms with E-state index in [0.717, 1.165) is 48.7 Å². The fourth-order valence-corrected chi connectivity index (χ4v) is 5.44. The number of benzene rings is 3. The highest BCUT2D eigenvalue weighted by Gasteiger charge is 2.25. The Kier molecular flexibility index (Phi) is 10.5. The minimum Gasteiger partial charge on any atom is -0.404 e. The smallest absolute Gasteiger partial charge is 0.162 e. The Balaban J connectivity index is 1.40. The Morgan fingerprint density at radius 2 is 1.77 bits per heavy atom. The molecule has 5 N–H and O–H groups in total. The number of hydrogen-bond acceptors (Lipinski definition) is 4. The quantitative estimate of drug-likeness (QED) is 0.124. The molecule has 1 heterocycles. The fourth-order valence-electron chi connectivity index (χ4n) is 5.44. The van der Waals surface area contributed by atoms with Crippen LogP contribution in [0.5, 0.6) is 0 Å². The van der Waals surface area contributed by atoms with Gasteiger partial charge in [0, 0.05) is 36.5 Å². The monoisotopic (exact) mass is 587 g/mol. The summed E-state index contributed by atoms with van der Waals surface area (Å²) in [5.74, 6) is -1.61. The molecule has 0 unspecified atom stereocenters. The number of rotatable bonds is 11. The summed E-state index contributed by atoms with van der Waals surface area (Å²) in [4.78, 5) is 6.88. The highest BCUT2D eigenvalue weighted by atomic mass is 19.2. The third-order valence-corrected chi connectivity index (χ3v) is 8.02. The molecular formula is C35H40F3N5. The molecule has 0 aromatic heterocycles. The average molecular weight is 588 g/mol. The molecule has 0 radical (unpaired) electrons. The number of likely N-dealkylation sites (tertiary alicyclic amines) is 1. The highest BCUT2D eigenvalue weighted by molar-refractivity contribution is 6.02. The summed E-state index contributed by atoms with van der Waals surface area (Å²) in [6.45, 7) is 14.6. The molecule has 3 aromatic rings. The number of halogens is 3. The van der Waals surface area contributed by atoms with Crippen molar-refractivity contribution in [2.24, 2.45) is 16.5 Å². The first-order chi connectivity index (χ1) is 20.6. The average Bonchev–Trinajstić information content (AvgIpc) is 2.99. The molecule has 8 heteroatoms. The zero-order chi connectivity index (χ0) is 31.1. The number of aliphatic imine (C=N–C) groups is 1. The molecule has 3 aromatic carbocycles. The second kappa shape index (κ2) is 14.2. The second-order valence-corrected chi connectivity index (χ2v) is 11.2. The highest BCUT2D eigenvalue weighted by Crippen LogP contribution is 2.34. The Labute approximate surface area is 252 Å². The van der Waals surface area contributed by atoms with Gasteiger partial charge in [0.1, 0.15) is 11.7 Å². The van der Waals surface area contributed by atoms with E-state index >= 15 is 4.39 Å². The van der Waals surface area contributed by atoms with Crippen molar-refractivity contribution in [1.82, 2.24) is 4.90 Å². The van der Waals surface area contributed by atoms with Crippen molar-refractivity contribution in [3.63, 3.8) is 0 Å². The van der Waals surface area contributed by atoms with Gasteiger partial charge in [-0.15, -0.1) is 0 Å². The first-order valence-electron chi connectivity index (χ1n) is 14.5. The van der Waals surface area contributed by atoms with Crippen molar-refractivity contribution in [3.8, 4) is 0 Å². The van der Waals surface area contributed by atoms with Crippen LogP contribution in [-0.4, -0.2) is 36.4 Å². The lowest BCUT2D eigenvalue weighted by Gasteiger charge is -2.35. The van der Waals surface area contributed by atoms with Crippen molar-refractivity contribution >= 4 is 23.3 Å². The van der Waals surface area contributed by atoms with Crippen LogP contribution in [0.2, 0.25) is 0 Å². The summed E-state index contributed by atoms with van der Waals surface area (Å²) in [5.41, 5.74) is 17.0. The molecule has 226 valence electrons. The van der Waals surface area contributed by atoms with Gasteiger partial charge in [0.2, 0.25) is 0 Å². The molecule has 1 saturated heterocycles. The summed E-state index contributed by atoms with van der Waals surface area (Å²) in [6, 6.07) is 15.1. The van der Waals surface area contributed by atoms with Gasteiger partial charge < -0.3 is 21.7 Å². The van der Waals surface area contributed by atoms with E-state index in [1.165, 1.54) is 18.3 Å². The van der Waals surface area contributed by atoms with Gasteiger partial charge in [0.05, 0.1) is 5.69 Å². The number of piperidine rings is 1. The van der Waals surface area contributed by atoms with E-state index in [0.29, 0.717) is 28.6 Å². The van der Waals surface area contributed by atoms with Crippen LogP contribution in [0.4, 0.5) is 24.5 Å². The molecular weight excluding hydrogens is 547 g/mol. The maximum atomic E-state index is 15.3. The van der Waals surface area contributed by atoms with Gasteiger partial charge in [-0.25, -0.2) is 18.2 Å². The molecule has 0 saturated carbocycles. The number of hydrogen-bond donors (Lipinski definition) is 3. The van der Waals surface area contributed by atoms with Crippen LogP contribution in [0.15, 0.2) is 90.1 Å². The lowest BCUT2D eigenvalue weighted by Crippen LogP contribution is -2.38. The van der Waals surface area contributed by atoms with Crippen molar-refractivity contribution in [1.29, 1.82) is 0 Å². The number of nitrogens with zero attached hydrogens (tertiary/aromatic N) is 2. The zero-order valence-corrected chi connectivity index (χ0v) is 24.8. The first-order valence-corrected chi connectivity index (χ1v) is 14.5. The third kappa shape index (κ3) is 7.76. The van der Waals surface area contributed by atoms with Gasteiger partial charge in [0.15, 0.2) is 11.6 Å². The predicted molar refractivity (Wildman–Crippen MR) is 172 cm³/mol. The Morgan fingerprint density at radius 3 is 2.40 bits per heavy atom.